The highest BCUT2D eigenvalue weighted by Crippen LogP contribution is 2.30. The highest BCUT2D eigenvalue weighted by Gasteiger charge is 2.30. The largest absolute Gasteiger partial charge is 0.416 e. The molecule has 0 spiro atoms. The van der Waals surface area contributed by atoms with Gasteiger partial charge in [-0.05, 0) is 30.2 Å². The van der Waals surface area contributed by atoms with Gasteiger partial charge in [0.25, 0.3) is 0 Å². The summed E-state index contributed by atoms with van der Waals surface area (Å²) in [5.74, 6) is -1.93. The number of hydrogen-bond donors (Lipinski definition) is 3. The first-order valence-electron chi connectivity index (χ1n) is 6.12. The third-order valence-electron chi connectivity index (χ3n) is 2.86. The predicted molar refractivity (Wildman–Crippen MR) is 71.8 cm³/mol. The van der Waals surface area contributed by atoms with Gasteiger partial charge in [0.2, 0.25) is 5.91 Å². The second kappa shape index (κ2) is 6.47. The van der Waals surface area contributed by atoms with Crippen molar-refractivity contribution in [1.82, 2.24) is 0 Å². The van der Waals surface area contributed by atoms with Gasteiger partial charge in [-0.25, -0.2) is 0 Å². The Kier molecular flexibility index (Phi) is 5.17. The van der Waals surface area contributed by atoms with E-state index >= 15 is 0 Å². The zero-order chi connectivity index (χ0) is 16.2. The Morgan fingerprint density at radius 2 is 1.81 bits per heavy atom. The molecule has 0 aromatic heterocycles. The molecule has 1 aromatic rings. The topological polar surface area (TPSA) is 87.7 Å². The van der Waals surface area contributed by atoms with E-state index in [1.807, 2.05) is 0 Å². The zero-order valence-electron chi connectivity index (χ0n) is 11.5. The summed E-state index contributed by atoms with van der Waals surface area (Å²) >= 11 is 0. The molecule has 0 heterocycles. The van der Waals surface area contributed by atoms with Crippen LogP contribution in [0.2, 0.25) is 0 Å². The number of carbonyl (C=O) groups is 1. The Balaban J connectivity index is 2.87. The summed E-state index contributed by atoms with van der Waals surface area (Å²) in [6, 6.07) is 4.02. The van der Waals surface area contributed by atoms with Gasteiger partial charge >= 0.3 is 6.18 Å². The number of anilines is 1. The number of carbonyl (C=O) groups excluding carboxylic acids is 1. The fraction of sp³-hybridized carbons (Fsp3) is 0.385. The third-order valence-corrected chi connectivity index (χ3v) is 2.86. The van der Waals surface area contributed by atoms with Crippen molar-refractivity contribution in [3.05, 3.63) is 29.8 Å². The lowest BCUT2D eigenvalue weighted by molar-refractivity contribution is -0.137. The average Bonchev–Trinajstić information content (AvgIpc) is 2.37. The minimum absolute atomic E-state index is 0.199. The smallest absolute Gasteiger partial charge is 0.409 e. The number of nitrogens with one attached hydrogen (secondary N) is 1. The van der Waals surface area contributed by atoms with Gasteiger partial charge in [-0.15, -0.1) is 0 Å². The van der Waals surface area contributed by atoms with Crippen LogP contribution in [0.4, 0.5) is 18.9 Å². The van der Waals surface area contributed by atoms with Gasteiger partial charge in [0.15, 0.2) is 5.84 Å². The van der Waals surface area contributed by atoms with Crippen LogP contribution >= 0.6 is 0 Å². The molecule has 8 heteroatoms. The summed E-state index contributed by atoms with van der Waals surface area (Å²) in [6.45, 7) is 3.41. The van der Waals surface area contributed by atoms with Crippen LogP contribution in [-0.4, -0.2) is 17.0 Å². The van der Waals surface area contributed by atoms with E-state index in [0.717, 1.165) is 24.3 Å². The van der Waals surface area contributed by atoms with Crippen molar-refractivity contribution in [1.29, 1.82) is 0 Å². The minimum atomic E-state index is -4.43. The van der Waals surface area contributed by atoms with Crippen LogP contribution in [0.25, 0.3) is 0 Å². The van der Waals surface area contributed by atoms with Crippen molar-refractivity contribution in [3.8, 4) is 0 Å². The molecule has 1 amide bonds. The van der Waals surface area contributed by atoms with E-state index < -0.39 is 23.6 Å². The molecule has 1 atom stereocenters. The Morgan fingerprint density at radius 1 is 1.29 bits per heavy atom. The number of alkyl halides is 3. The van der Waals surface area contributed by atoms with E-state index in [1.165, 1.54) is 0 Å². The normalized spacial score (nSPS) is 14.1. The fourth-order valence-corrected chi connectivity index (χ4v) is 1.80. The summed E-state index contributed by atoms with van der Waals surface area (Å²) in [6.07, 6.45) is -4.43. The van der Waals surface area contributed by atoms with E-state index in [1.54, 1.807) is 13.8 Å². The van der Waals surface area contributed by atoms with Crippen molar-refractivity contribution >= 4 is 17.4 Å². The zero-order valence-corrected chi connectivity index (χ0v) is 11.5. The quantitative estimate of drug-likeness (QED) is 0.346. The van der Waals surface area contributed by atoms with Gasteiger partial charge in [0.1, 0.15) is 5.92 Å². The highest BCUT2D eigenvalue weighted by molar-refractivity contribution is 6.07. The molecule has 1 unspecified atom stereocenters. The predicted octanol–water partition coefficient (Wildman–Crippen LogP) is 2.66. The van der Waals surface area contributed by atoms with E-state index in [2.05, 4.69) is 10.5 Å². The number of amides is 1. The SMILES string of the molecule is CC(C)C(C(=O)Nc1ccc(C(F)(F)F)cc1)C(N)=NO. The molecule has 0 aliphatic heterocycles. The Bertz CT molecular complexity index is 524. The van der Waals surface area contributed by atoms with Crippen LogP contribution in [0.5, 0.6) is 0 Å². The second-order valence-corrected chi connectivity index (χ2v) is 4.81. The first-order valence-corrected chi connectivity index (χ1v) is 6.12. The molecule has 0 radical (unpaired) electrons. The van der Waals surface area contributed by atoms with E-state index in [4.69, 9.17) is 10.9 Å². The van der Waals surface area contributed by atoms with Gasteiger partial charge in [0, 0.05) is 5.69 Å². The first kappa shape index (κ1) is 16.8. The van der Waals surface area contributed by atoms with Crippen molar-refractivity contribution < 1.29 is 23.2 Å². The Morgan fingerprint density at radius 3 is 2.19 bits per heavy atom. The fourth-order valence-electron chi connectivity index (χ4n) is 1.80. The molecule has 116 valence electrons. The minimum Gasteiger partial charge on any atom is -0.409 e. The maximum atomic E-state index is 12.4. The molecule has 0 aliphatic rings. The summed E-state index contributed by atoms with van der Waals surface area (Å²) in [7, 11) is 0. The van der Waals surface area contributed by atoms with Gasteiger partial charge in [-0.3, -0.25) is 4.79 Å². The molecule has 5 nitrogen and oxygen atoms in total. The number of rotatable bonds is 4. The molecule has 0 saturated heterocycles. The van der Waals surface area contributed by atoms with Crippen LogP contribution in [0.3, 0.4) is 0 Å². The van der Waals surface area contributed by atoms with Crippen LogP contribution < -0.4 is 11.1 Å². The van der Waals surface area contributed by atoms with E-state index in [9.17, 15) is 18.0 Å². The monoisotopic (exact) mass is 303 g/mol. The number of benzene rings is 1. The molecule has 1 rings (SSSR count). The summed E-state index contributed by atoms with van der Waals surface area (Å²) in [4.78, 5) is 12.0. The van der Waals surface area contributed by atoms with Crippen LogP contribution in [0.1, 0.15) is 19.4 Å². The van der Waals surface area contributed by atoms with Crippen LogP contribution in [0, 0.1) is 11.8 Å². The molecule has 0 fully saturated rings. The van der Waals surface area contributed by atoms with Crippen molar-refractivity contribution in [3.63, 3.8) is 0 Å². The number of halogens is 3. The number of nitrogens with zero attached hydrogens (tertiary/aromatic N) is 1. The Labute approximate surface area is 119 Å². The molecule has 0 aliphatic carbocycles. The van der Waals surface area contributed by atoms with Crippen LogP contribution in [0.15, 0.2) is 29.4 Å². The molecule has 21 heavy (non-hydrogen) atoms. The number of amidine groups is 1. The molecule has 4 N–H and O–H groups in total. The van der Waals surface area contributed by atoms with Gasteiger partial charge in [0.05, 0.1) is 5.56 Å². The Hall–Kier alpha value is -2.25. The second-order valence-electron chi connectivity index (χ2n) is 4.81. The van der Waals surface area contributed by atoms with Crippen molar-refractivity contribution in [2.45, 2.75) is 20.0 Å². The van der Waals surface area contributed by atoms with Gasteiger partial charge in [-0.2, -0.15) is 13.2 Å². The molecular weight excluding hydrogens is 287 g/mol. The van der Waals surface area contributed by atoms with Gasteiger partial charge < -0.3 is 16.3 Å². The van der Waals surface area contributed by atoms with Crippen LogP contribution in [-0.2, 0) is 11.0 Å². The molecule has 1 aromatic carbocycles. The van der Waals surface area contributed by atoms with Crippen molar-refractivity contribution in [2.24, 2.45) is 22.7 Å². The lowest BCUT2D eigenvalue weighted by Gasteiger charge is -2.19. The number of hydrogen-bond acceptors (Lipinski definition) is 3. The van der Waals surface area contributed by atoms with E-state index in [-0.39, 0.29) is 17.4 Å². The van der Waals surface area contributed by atoms with E-state index in [0.29, 0.717) is 0 Å². The molecule has 0 saturated carbocycles. The first-order chi connectivity index (χ1) is 9.66. The van der Waals surface area contributed by atoms with Crippen molar-refractivity contribution in [2.75, 3.05) is 5.32 Å². The molecular formula is C13H16F3N3O2. The van der Waals surface area contributed by atoms with Gasteiger partial charge in [-0.1, -0.05) is 19.0 Å². The number of nitrogens with two attached hydrogens (primary N) is 1. The number of oxime groups is 1. The lowest BCUT2D eigenvalue weighted by atomic mass is 9.93. The third kappa shape index (κ3) is 4.37. The summed E-state index contributed by atoms with van der Waals surface area (Å²) in [5, 5.41) is 13.9. The highest BCUT2D eigenvalue weighted by atomic mass is 19.4. The maximum absolute atomic E-state index is 12.4. The average molecular weight is 303 g/mol. The molecule has 0 bridgehead atoms. The standard InChI is InChI=1S/C13H16F3N3O2/c1-7(2)10(11(17)19-21)12(20)18-9-5-3-8(4-6-9)13(14,15)16/h3-7,10,21H,1-2H3,(H2,17,19)(H,18,20). The summed E-state index contributed by atoms with van der Waals surface area (Å²) < 4.78 is 37.3. The summed E-state index contributed by atoms with van der Waals surface area (Å²) in [5.41, 5.74) is 4.83. The lowest BCUT2D eigenvalue weighted by Crippen LogP contribution is -2.38. The maximum Gasteiger partial charge on any atom is 0.416 e.